The number of hydrogen-bond donors (Lipinski definition) is 2. The molecule has 1 aliphatic carbocycles. The predicted octanol–water partition coefficient (Wildman–Crippen LogP) is 5.61. The molecule has 166 valence electrons. The van der Waals surface area contributed by atoms with Crippen LogP contribution in [0.5, 0.6) is 0 Å². The van der Waals surface area contributed by atoms with Gasteiger partial charge in [0, 0.05) is 16.6 Å². The van der Waals surface area contributed by atoms with Crippen molar-refractivity contribution >= 4 is 38.1 Å². The largest absolute Gasteiger partial charge is 0.321 e. The van der Waals surface area contributed by atoms with Gasteiger partial charge in [-0.15, -0.1) is 0 Å². The lowest BCUT2D eigenvalue weighted by atomic mass is 10.0. The van der Waals surface area contributed by atoms with E-state index in [0.29, 0.717) is 11.3 Å². The lowest BCUT2D eigenvalue weighted by molar-refractivity contribution is 0.102. The average molecular weight is 457 g/mol. The van der Waals surface area contributed by atoms with E-state index in [4.69, 9.17) is 0 Å². The topological polar surface area (TPSA) is 75.3 Å². The van der Waals surface area contributed by atoms with Crippen molar-refractivity contribution in [3.8, 4) is 0 Å². The highest BCUT2D eigenvalue weighted by atomic mass is 32.2. The van der Waals surface area contributed by atoms with Crippen LogP contribution >= 0.6 is 0 Å². The van der Waals surface area contributed by atoms with Crippen molar-refractivity contribution in [2.45, 2.75) is 31.6 Å². The van der Waals surface area contributed by atoms with Crippen molar-refractivity contribution in [1.82, 2.24) is 0 Å². The molecule has 5 nitrogen and oxygen atoms in total. The van der Waals surface area contributed by atoms with Gasteiger partial charge < -0.3 is 5.32 Å². The number of carbonyl (C=O) groups excluding carboxylic acids is 1. The summed E-state index contributed by atoms with van der Waals surface area (Å²) >= 11 is 0. The van der Waals surface area contributed by atoms with Gasteiger partial charge in [0.25, 0.3) is 15.9 Å². The molecule has 0 radical (unpaired) electrons. The van der Waals surface area contributed by atoms with Gasteiger partial charge in [0.2, 0.25) is 0 Å². The Hall–Kier alpha value is -3.64. The van der Waals surface area contributed by atoms with E-state index < -0.39 is 10.0 Å². The van der Waals surface area contributed by atoms with Crippen LogP contribution in [-0.2, 0) is 22.9 Å². The third-order valence-electron chi connectivity index (χ3n) is 6.25. The van der Waals surface area contributed by atoms with Crippen molar-refractivity contribution in [2.24, 2.45) is 0 Å². The zero-order chi connectivity index (χ0) is 23.2. The first-order valence-corrected chi connectivity index (χ1v) is 12.4. The summed E-state index contributed by atoms with van der Waals surface area (Å²) in [5, 5.41) is 5.21. The SMILES string of the molecule is Cc1ccccc1NS(=O)(=O)c1cc(C(=O)Nc2ccc3c4c(cccc24)CC3)ccc1C. The van der Waals surface area contributed by atoms with Crippen molar-refractivity contribution in [1.29, 1.82) is 0 Å². The quantitative estimate of drug-likeness (QED) is 0.410. The first-order valence-electron chi connectivity index (χ1n) is 10.9. The van der Waals surface area contributed by atoms with Gasteiger partial charge in [-0.25, -0.2) is 8.42 Å². The number of amides is 1. The molecule has 33 heavy (non-hydrogen) atoms. The fourth-order valence-electron chi connectivity index (χ4n) is 4.47. The summed E-state index contributed by atoms with van der Waals surface area (Å²) in [7, 11) is -3.86. The lowest BCUT2D eigenvalue weighted by Crippen LogP contribution is -2.17. The summed E-state index contributed by atoms with van der Waals surface area (Å²) in [5.41, 5.74) is 5.51. The number of nitrogens with one attached hydrogen (secondary N) is 2. The summed E-state index contributed by atoms with van der Waals surface area (Å²) in [4.78, 5) is 13.2. The van der Waals surface area contributed by atoms with Crippen molar-refractivity contribution in [3.05, 3.63) is 101 Å². The summed E-state index contributed by atoms with van der Waals surface area (Å²) in [6, 6.07) is 22.1. The summed E-state index contributed by atoms with van der Waals surface area (Å²) < 4.78 is 28.9. The molecule has 0 bridgehead atoms. The van der Waals surface area contributed by atoms with Crippen molar-refractivity contribution in [2.75, 3.05) is 10.0 Å². The molecule has 5 rings (SSSR count). The third-order valence-corrected chi connectivity index (χ3v) is 7.76. The van der Waals surface area contributed by atoms with Crippen LogP contribution in [0.1, 0.15) is 32.6 Å². The maximum atomic E-state index is 13.1. The second-order valence-corrected chi connectivity index (χ2v) is 10.1. The third kappa shape index (κ3) is 3.87. The normalized spacial score (nSPS) is 12.7. The number of anilines is 2. The molecular weight excluding hydrogens is 432 g/mol. The molecule has 0 spiro atoms. The Morgan fingerprint density at radius 2 is 1.55 bits per heavy atom. The Morgan fingerprint density at radius 3 is 2.33 bits per heavy atom. The van der Waals surface area contributed by atoms with Crippen molar-refractivity contribution in [3.63, 3.8) is 0 Å². The monoisotopic (exact) mass is 456 g/mol. The van der Waals surface area contributed by atoms with E-state index in [1.54, 1.807) is 31.2 Å². The number of carbonyl (C=O) groups is 1. The maximum absolute atomic E-state index is 13.1. The fourth-order valence-corrected chi connectivity index (χ4v) is 5.87. The minimum atomic E-state index is -3.86. The zero-order valence-electron chi connectivity index (χ0n) is 18.5. The van der Waals surface area contributed by atoms with Crippen LogP contribution in [0.2, 0.25) is 0 Å². The Kier molecular flexibility index (Phi) is 5.17. The Morgan fingerprint density at radius 1 is 0.788 bits per heavy atom. The molecule has 0 heterocycles. The molecule has 0 saturated heterocycles. The number of hydrogen-bond acceptors (Lipinski definition) is 3. The first-order chi connectivity index (χ1) is 15.8. The molecule has 6 heteroatoms. The molecular formula is C27H24N2O3S. The van der Waals surface area contributed by atoms with Gasteiger partial charge in [0.1, 0.15) is 0 Å². The minimum absolute atomic E-state index is 0.0822. The molecule has 2 N–H and O–H groups in total. The predicted molar refractivity (Wildman–Crippen MR) is 132 cm³/mol. The van der Waals surface area contributed by atoms with Gasteiger partial charge in [-0.2, -0.15) is 0 Å². The van der Waals surface area contributed by atoms with E-state index in [9.17, 15) is 13.2 Å². The molecule has 1 amide bonds. The number of sulfonamides is 1. The van der Waals surface area contributed by atoms with E-state index in [-0.39, 0.29) is 16.4 Å². The average Bonchev–Trinajstić information content (AvgIpc) is 3.22. The van der Waals surface area contributed by atoms with Gasteiger partial charge in [-0.1, -0.05) is 48.5 Å². The van der Waals surface area contributed by atoms with Gasteiger partial charge in [0.15, 0.2) is 0 Å². The number of aryl methyl sites for hydroxylation is 4. The summed E-state index contributed by atoms with van der Waals surface area (Å²) in [6.07, 6.45) is 2.02. The van der Waals surface area contributed by atoms with E-state index in [0.717, 1.165) is 29.5 Å². The van der Waals surface area contributed by atoms with E-state index in [2.05, 4.69) is 22.2 Å². The molecule has 0 atom stereocenters. The van der Waals surface area contributed by atoms with E-state index in [1.807, 2.05) is 37.3 Å². The second kappa shape index (κ2) is 8.05. The van der Waals surface area contributed by atoms with Crippen LogP contribution in [0.3, 0.4) is 0 Å². The van der Waals surface area contributed by atoms with Gasteiger partial charge >= 0.3 is 0 Å². The number of para-hydroxylation sites is 1. The molecule has 0 aliphatic heterocycles. The van der Waals surface area contributed by atoms with Gasteiger partial charge in [0.05, 0.1) is 10.6 Å². The smallest absolute Gasteiger partial charge is 0.262 e. The van der Waals surface area contributed by atoms with Crippen LogP contribution in [0.25, 0.3) is 10.8 Å². The molecule has 4 aromatic carbocycles. The summed E-state index contributed by atoms with van der Waals surface area (Å²) in [6.45, 7) is 3.56. The molecule has 0 fully saturated rings. The number of rotatable bonds is 5. The van der Waals surface area contributed by atoms with E-state index in [1.165, 1.54) is 22.6 Å². The fraction of sp³-hybridized carbons (Fsp3) is 0.148. The van der Waals surface area contributed by atoms with Crippen LogP contribution in [0, 0.1) is 13.8 Å². The van der Waals surface area contributed by atoms with Crippen LogP contribution in [-0.4, -0.2) is 14.3 Å². The standard InChI is InChI=1S/C27H24N2O3S/c1-17-6-3-4-9-23(17)29-33(31,32)25-16-21(11-10-18(25)2)27(30)28-24-15-14-20-13-12-19-7-5-8-22(24)26(19)20/h3-11,14-16,29H,12-13H2,1-2H3,(H,28,30). The van der Waals surface area contributed by atoms with E-state index >= 15 is 0 Å². The van der Waals surface area contributed by atoms with Crippen LogP contribution in [0.15, 0.2) is 77.7 Å². The summed E-state index contributed by atoms with van der Waals surface area (Å²) in [5.74, 6) is -0.346. The van der Waals surface area contributed by atoms with Crippen molar-refractivity contribution < 1.29 is 13.2 Å². The zero-order valence-corrected chi connectivity index (χ0v) is 19.3. The Bertz CT molecular complexity index is 1510. The molecule has 0 aromatic heterocycles. The van der Waals surface area contributed by atoms with Gasteiger partial charge in [-0.05, 0) is 78.6 Å². The van der Waals surface area contributed by atoms with Crippen LogP contribution in [0.4, 0.5) is 11.4 Å². The number of benzene rings is 4. The first kappa shape index (κ1) is 21.2. The lowest BCUT2D eigenvalue weighted by Gasteiger charge is -2.14. The minimum Gasteiger partial charge on any atom is -0.321 e. The Labute approximate surface area is 193 Å². The molecule has 0 saturated carbocycles. The maximum Gasteiger partial charge on any atom is 0.262 e. The van der Waals surface area contributed by atoms with Gasteiger partial charge in [-0.3, -0.25) is 9.52 Å². The second-order valence-electron chi connectivity index (χ2n) is 8.47. The van der Waals surface area contributed by atoms with Crippen LogP contribution < -0.4 is 10.0 Å². The highest BCUT2D eigenvalue weighted by molar-refractivity contribution is 7.92. The molecule has 1 aliphatic rings. The highest BCUT2D eigenvalue weighted by Crippen LogP contribution is 2.35. The molecule has 0 unspecified atom stereocenters. The Balaban J connectivity index is 1.47. The molecule has 4 aromatic rings. The highest BCUT2D eigenvalue weighted by Gasteiger charge is 2.21.